The number of nitrogens with zero attached hydrogens (tertiary/aromatic N) is 3. The third kappa shape index (κ3) is 1.62. The highest BCUT2D eigenvalue weighted by atomic mass is 35.5. The molecule has 0 aliphatic heterocycles. The van der Waals surface area contributed by atoms with Crippen molar-refractivity contribution in [3.05, 3.63) is 23.4 Å². The van der Waals surface area contributed by atoms with Crippen molar-refractivity contribution >= 4 is 23.2 Å². The lowest BCUT2D eigenvalue weighted by atomic mass is 10.3. The van der Waals surface area contributed by atoms with Crippen LogP contribution in [0.1, 0.15) is 12.8 Å². The lowest BCUT2D eigenvalue weighted by Crippen LogP contribution is -2.26. The highest BCUT2D eigenvalue weighted by Crippen LogP contribution is 2.37. The average Bonchev–Trinajstić information content (AvgIpc) is 2.92. The summed E-state index contributed by atoms with van der Waals surface area (Å²) in [5.74, 6) is 0.536. The van der Waals surface area contributed by atoms with Crippen LogP contribution in [0.25, 0.3) is 5.65 Å². The molecule has 0 radical (unpaired) electrons. The Bertz CT molecular complexity index is 535. The Hall–Kier alpha value is -1.33. The summed E-state index contributed by atoms with van der Waals surface area (Å²) < 4.78 is 1.62. The van der Waals surface area contributed by atoms with E-state index in [4.69, 9.17) is 11.6 Å². The molecule has 0 unspecified atom stereocenters. The molecular weight excluding hydrogens is 228 g/mol. The molecule has 1 fully saturated rings. The van der Waals surface area contributed by atoms with Gasteiger partial charge in [0.25, 0.3) is 0 Å². The molecule has 6 heteroatoms. The minimum atomic E-state index is -0.200. The molecule has 1 aliphatic carbocycles. The molecule has 0 aromatic carbocycles. The van der Waals surface area contributed by atoms with E-state index in [1.807, 2.05) is 0 Å². The van der Waals surface area contributed by atoms with E-state index < -0.39 is 0 Å². The summed E-state index contributed by atoms with van der Waals surface area (Å²) in [6, 6.07) is 3.58. The van der Waals surface area contributed by atoms with Crippen molar-refractivity contribution in [2.45, 2.75) is 18.4 Å². The van der Waals surface area contributed by atoms with Crippen molar-refractivity contribution in [2.24, 2.45) is 0 Å². The molecule has 2 heterocycles. The molecule has 2 aromatic rings. The summed E-state index contributed by atoms with van der Waals surface area (Å²) in [6.07, 6.45) is 3.62. The van der Waals surface area contributed by atoms with Crippen LogP contribution in [0.15, 0.2) is 18.3 Å². The van der Waals surface area contributed by atoms with Gasteiger partial charge in [0.05, 0.1) is 17.2 Å². The number of anilines is 1. The number of aromatic nitrogens is 3. The van der Waals surface area contributed by atoms with Gasteiger partial charge in [-0.3, -0.25) is 0 Å². The largest absolute Gasteiger partial charge is 0.394 e. The third-order valence-electron chi connectivity index (χ3n) is 2.83. The third-order valence-corrected chi connectivity index (χ3v) is 3.05. The standard InChI is InChI=1S/C10H11ClN4O/c11-7-1-2-8-12-9(14-15(8)5-7)13-10(6-16)3-4-10/h1-2,5,16H,3-4,6H2,(H,13,14). The summed E-state index contributed by atoms with van der Waals surface area (Å²) in [7, 11) is 0. The zero-order valence-corrected chi connectivity index (χ0v) is 9.28. The molecule has 3 rings (SSSR count). The lowest BCUT2D eigenvalue weighted by molar-refractivity contribution is 0.265. The van der Waals surface area contributed by atoms with Gasteiger partial charge in [-0.05, 0) is 25.0 Å². The van der Waals surface area contributed by atoms with Crippen LogP contribution in [0.5, 0.6) is 0 Å². The smallest absolute Gasteiger partial charge is 0.243 e. The summed E-state index contributed by atoms with van der Waals surface area (Å²) in [6.45, 7) is 0.114. The number of pyridine rings is 1. The summed E-state index contributed by atoms with van der Waals surface area (Å²) in [5, 5.41) is 17.2. The van der Waals surface area contributed by atoms with Crippen LogP contribution in [0.2, 0.25) is 5.02 Å². The highest BCUT2D eigenvalue weighted by molar-refractivity contribution is 6.30. The first kappa shape index (κ1) is 9.86. The van der Waals surface area contributed by atoms with Crippen LogP contribution in [-0.4, -0.2) is 31.9 Å². The van der Waals surface area contributed by atoms with Gasteiger partial charge in [-0.2, -0.15) is 4.98 Å². The monoisotopic (exact) mass is 238 g/mol. The van der Waals surface area contributed by atoms with E-state index in [1.165, 1.54) is 0 Å². The Morgan fingerprint density at radius 2 is 2.31 bits per heavy atom. The van der Waals surface area contributed by atoms with Crippen molar-refractivity contribution in [3.8, 4) is 0 Å². The van der Waals surface area contributed by atoms with E-state index in [-0.39, 0.29) is 12.1 Å². The average molecular weight is 239 g/mol. The Morgan fingerprint density at radius 1 is 1.50 bits per heavy atom. The molecule has 0 saturated heterocycles. The second-order valence-electron chi connectivity index (χ2n) is 4.15. The number of fused-ring (bicyclic) bond motifs is 1. The van der Waals surface area contributed by atoms with Crippen LogP contribution in [0.3, 0.4) is 0 Å². The van der Waals surface area contributed by atoms with E-state index in [0.29, 0.717) is 11.0 Å². The predicted octanol–water partition coefficient (Wildman–Crippen LogP) is 1.32. The molecule has 2 N–H and O–H groups in total. The summed E-state index contributed by atoms with van der Waals surface area (Å²) in [4.78, 5) is 4.30. The maximum atomic E-state index is 9.19. The first-order chi connectivity index (χ1) is 7.71. The number of aliphatic hydroxyl groups excluding tert-OH is 1. The van der Waals surface area contributed by atoms with Crippen molar-refractivity contribution in [2.75, 3.05) is 11.9 Å². The number of nitrogens with one attached hydrogen (secondary N) is 1. The second-order valence-corrected chi connectivity index (χ2v) is 4.59. The second kappa shape index (κ2) is 3.33. The van der Waals surface area contributed by atoms with Gasteiger partial charge in [-0.25, -0.2) is 4.52 Å². The first-order valence-electron chi connectivity index (χ1n) is 5.12. The zero-order valence-electron chi connectivity index (χ0n) is 8.52. The molecule has 0 amide bonds. The minimum absolute atomic E-state index is 0.114. The Balaban J connectivity index is 1.93. The highest BCUT2D eigenvalue weighted by Gasteiger charge is 2.42. The van der Waals surface area contributed by atoms with Crippen LogP contribution >= 0.6 is 11.6 Å². The maximum Gasteiger partial charge on any atom is 0.243 e. The zero-order chi connectivity index (χ0) is 11.2. The number of hydrogen-bond acceptors (Lipinski definition) is 4. The van der Waals surface area contributed by atoms with Gasteiger partial charge in [0.2, 0.25) is 5.95 Å². The van der Waals surface area contributed by atoms with Crippen LogP contribution in [0, 0.1) is 0 Å². The van der Waals surface area contributed by atoms with Crippen molar-refractivity contribution in [3.63, 3.8) is 0 Å². The number of rotatable bonds is 3. The molecule has 5 nitrogen and oxygen atoms in total. The van der Waals surface area contributed by atoms with E-state index in [0.717, 1.165) is 18.5 Å². The first-order valence-corrected chi connectivity index (χ1v) is 5.50. The number of hydrogen-bond donors (Lipinski definition) is 2. The molecular formula is C10H11ClN4O. The fraction of sp³-hybridized carbons (Fsp3) is 0.400. The topological polar surface area (TPSA) is 62.5 Å². The Labute approximate surface area is 97.1 Å². The van der Waals surface area contributed by atoms with Crippen LogP contribution in [-0.2, 0) is 0 Å². The van der Waals surface area contributed by atoms with Gasteiger partial charge in [0, 0.05) is 6.20 Å². The molecule has 16 heavy (non-hydrogen) atoms. The fourth-order valence-corrected chi connectivity index (χ4v) is 1.78. The molecule has 84 valence electrons. The maximum absolute atomic E-state index is 9.19. The summed E-state index contributed by atoms with van der Waals surface area (Å²) >= 11 is 5.85. The SMILES string of the molecule is OCC1(Nc2nc3ccc(Cl)cn3n2)CC1. The molecule has 0 bridgehead atoms. The van der Waals surface area contributed by atoms with E-state index >= 15 is 0 Å². The Kier molecular flexibility index (Phi) is 2.05. The number of aliphatic hydroxyl groups is 1. The molecule has 2 aromatic heterocycles. The van der Waals surface area contributed by atoms with E-state index in [2.05, 4.69) is 15.4 Å². The van der Waals surface area contributed by atoms with Gasteiger partial charge in [-0.15, -0.1) is 5.10 Å². The van der Waals surface area contributed by atoms with Gasteiger partial charge in [-0.1, -0.05) is 11.6 Å². The molecule has 0 spiro atoms. The van der Waals surface area contributed by atoms with Crippen molar-refractivity contribution in [1.29, 1.82) is 0 Å². The van der Waals surface area contributed by atoms with Crippen LogP contribution in [0.4, 0.5) is 5.95 Å². The molecule has 0 atom stereocenters. The number of halogens is 1. The van der Waals surface area contributed by atoms with E-state index in [1.54, 1.807) is 22.8 Å². The normalized spacial score (nSPS) is 17.6. The van der Waals surface area contributed by atoms with Crippen molar-refractivity contribution < 1.29 is 5.11 Å². The summed E-state index contributed by atoms with van der Waals surface area (Å²) in [5.41, 5.74) is 0.537. The Morgan fingerprint density at radius 3 is 3.00 bits per heavy atom. The fourth-order valence-electron chi connectivity index (χ4n) is 1.62. The lowest BCUT2D eigenvalue weighted by Gasteiger charge is -2.11. The van der Waals surface area contributed by atoms with Gasteiger partial charge in [0.15, 0.2) is 5.65 Å². The van der Waals surface area contributed by atoms with Gasteiger partial charge >= 0.3 is 0 Å². The molecule has 1 saturated carbocycles. The van der Waals surface area contributed by atoms with Gasteiger partial charge < -0.3 is 10.4 Å². The minimum Gasteiger partial charge on any atom is -0.394 e. The predicted molar refractivity (Wildman–Crippen MR) is 60.7 cm³/mol. The quantitative estimate of drug-likeness (QED) is 0.847. The van der Waals surface area contributed by atoms with Crippen LogP contribution < -0.4 is 5.32 Å². The molecule has 1 aliphatic rings. The van der Waals surface area contributed by atoms with Crippen molar-refractivity contribution in [1.82, 2.24) is 14.6 Å². The van der Waals surface area contributed by atoms with E-state index in [9.17, 15) is 5.11 Å². The van der Waals surface area contributed by atoms with Gasteiger partial charge in [0.1, 0.15) is 0 Å².